The average molecular weight is 595 g/mol. The number of hydrogen-bond donors (Lipinski definition) is 2. The Hall–Kier alpha value is -4.11. The first-order valence-electron chi connectivity index (χ1n) is 14.8. The third-order valence-corrected chi connectivity index (χ3v) is 7.77. The second kappa shape index (κ2) is 13.0. The van der Waals surface area contributed by atoms with E-state index in [9.17, 15) is 19.5 Å². The first kappa shape index (κ1) is 31.8. The number of aliphatic hydroxyl groups excluding tert-OH is 1. The fraction of sp³-hybridized carbons (Fsp3) is 0.581. The summed E-state index contributed by atoms with van der Waals surface area (Å²) in [6.07, 6.45) is -1.05. The number of nitrogens with zero attached hydrogens (tertiary/aromatic N) is 5. The molecular formula is C31H42N6O6. The van der Waals surface area contributed by atoms with Crippen LogP contribution >= 0.6 is 0 Å². The number of piperazine rings is 1. The van der Waals surface area contributed by atoms with Crippen molar-refractivity contribution in [2.45, 2.75) is 77.7 Å². The van der Waals surface area contributed by atoms with Crippen LogP contribution in [0.4, 0.5) is 10.6 Å². The molecule has 43 heavy (non-hydrogen) atoms. The van der Waals surface area contributed by atoms with Gasteiger partial charge in [0.2, 0.25) is 11.8 Å². The highest BCUT2D eigenvalue weighted by Gasteiger charge is 2.43. The van der Waals surface area contributed by atoms with Crippen molar-refractivity contribution in [3.05, 3.63) is 47.2 Å². The van der Waals surface area contributed by atoms with Crippen LogP contribution in [-0.2, 0) is 14.3 Å². The van der Waals surface area contributed by atoms with Crippen LogP contribution < -0.4 is 10.2 Å². The summed E-state index contributed by atoms with van der Waals surface area (Å²) in [6, 6.07) is 9.56. The Morgan fingerprint density at radius 2 is 1.77 bits per heavy atom. The van der Waals surface area contributed by atoms with Crippen LogP contribution in [0.1, 0.15) is 76.8 Å². The lowest BCUT2D eigenvalue weighted by Crippen LogP contribution is -2.50. The molecule has 4 atom stereocenters. The maximum atomic E-state index is 13.9. The number of anilines is 1. The van der Waals surface area contributed by atoms with Gasteiger partial charge in [0.25, 0.3) is 0 Å². The van der Waals surface area contributed by atoms with Crippen LogP contribution in [0.3, 0.4) is 0 Å². The second-order valence-electron chi connectivity index (χ2n) is 12.6. The van der Waals surface area contributed by atoms with E-state index in [0.29, 0.717) is 43.3 Å². The average Bonchev–Trinajstić information content (AvgIpc) is 3.59. The van der Waals surface area contributed by atoms with Gasteiger partial charge in [0.05, 0.1) is 23.8 Å². The third-order valence-electron chi connectivity index (χ3n) is 7.77. The molecule has 2 saturated heterocycles. The molecule has 0 aliphatic carbocycles. The zero-order valence-electron chi connectivity index (χ0n) is 25.7. The molecule has 3 heterocycles. The molecular weight excluding hydrogens is 552 g/mol. The molecule has 232 valence electrons. The Labute approximate surface area is 252 Å². The van der Waals surface area contributed by atoms with Gasteiger partial charge in [-0.25, -0.2) is 4.79 Å². The van der Waals surface area contributed by atoms with Crippen LogP contribution in [-0.4, -0.2) is 88.4 Å². The largest absolute Gasteiger partial charge is 0.444 e. The number of carbonyl (C=O) groups excluding carboxylic acids is 3. The summed E-state index contributed by atoms with van der Waals surface area (Å²) in [5.41, 5.74) is 0.781. The second-order valence-corrected chi connectivity index (χ2v) is 12.6. The molecule has 12 nitrogen and oxygen atoms in total. The molecule has 0 radical (unpaired) electrons. The van der Waals surface area contributed by atoms with Crippen molar-refractivity contribution in [3.8, 4) is 6.07 Å². The lowest BCUT2D eigenvalue weighted by atomic mass is 9.91. The molecule has 2 aliphatic rings. The fourth-order valence-electron chi connectivity index (χ4n) is 5.48. The Bertz CT molecular complexity index is 1340. The molecule has 4 rings (SSSR count). The molecule has 12 heteroatoms. The van der Waals surface area contributed by atoms with Crippen molar-refractivity contribution in [3.63, 3.8) is 0 Å². The maximum Gasteiger partial charge on any atom is 0.410 e. The minimum absolute atomic E-state index is 0.0407. The van der Waals surface area contributed by atoms with Gasteiger partial charge in [-0.15, -0.1) is 0 Å². The number of aromatic nitrogens is 1. The smallest absolute Gasteiger partial charge is 0.410 e. The van der Waals surface area contributed by atoms with Crippen molar-refractivity contribution < 1.29 is 28.8 Å². The van der Waals surface area contributed by atoms with E-state index in [-0.39, 0.29) is 42.8 Å². The van der Waals surface area contributed by atoms with E-state index < -0.39 is 23.7 Å². The van der Waals surface area contributed by atoms with E-state index in [2.05, 4.69) is 16.5 Å². The normalized spacial score (nSPS) is 20.5. The van der Waals surface area contributed by atoms with Crippen molar-refractivity contribution in [1.82, 2.24) is 20.3 Å². The lowest BCUT2D eigenvalue weighted by molar-refractivity contribution is -0.141. The molecule has 0 spiro atoms. The topological polar surface area (TPSA) is 152 Å². The van der Waals surface area contributed by atoms with Crippen molar-refractivity contribution in [2.24, 2.45) is 5.92 Å². The Kier molecular flexibility index (Phi) is 9.65. The summed E-state index contributed by atoms with van der Waals surface area (Å²) in [7, 11) is 0. The van der Waals surface area contributed by atoms with E-state index in [1.807, 2.05) is 46.4 Å². The molecule has 3 amide bonds. The third kappa shape index (κ3) is 7.65. The number of nitriles is 1. The summed E-state index contributed by atoms with van der Waals surface area (Å²) >= 11 is 0. The summed E-state index contributed by atoms with van der Waals surface area (Å²) in [5.74, 6) is -0.585. The van der Waals surface area contributed by atoms with E-state index in [0.717, 1.165) is 5.56 Å². The van der Waals surface area contributed by atoms with Gasteiger partial charge in [-0.2, -0.15) is 5.26 Å². The Balaban J connectivity index is 1.43. The lowest BCUT2D eigenvalue weighted by Gasteiger charge is -2.35. The van der Waals surface area contributed by atoms with Crippen molar-refractivity contribution >= 4 is 23.7 Å². The van der Waals surface area contributed by atoms with Crippen LogP contribution in [0.15, 0.2) is 34.9 Å². The highest BCUT2D eigenvalue weighted by Crippen LogP contribution is 2.33. The van der Waals surface area contributed by atoms with E-state index >= 15 is 0 Å². The van der Waals surface area contributed by atoms with Crippen LogP contribution in [0.2, 0.25) is 0 Å². The standard InChI is InChI=1S/C31H42N6O6/c1-19(2)27(25-16-26(34-43-25)35-11-13-36(14-12-35)30(41)42-31(4,5)6)29(40)37-18-23(38)15-24(37)28(39)33-20(3)22-9-7-21(17-32)8-10-22/h7-10,16,19-20,23-24,27,38H,11-15,18H2,1-6H3,(H,33,39)/t20-,23+,24-,27?/m0/s1. The first-order chi connectivity index (χ1) is 20.3. The van der Waals surface area contributed by atoms with Gasteiger partial charge in [-0.05, 0) is 51.3 Å². The van der Waals surface area contributed by atoms with E-state index in [4.69, 9.17) is 14.5 Å². The molecule has 1 aromatic heterocycles. The van der Waals surface area contributed by atoms with Gasteiger partial charge in [-0.3, -0.25) is 9.59 Å². The summed E-state index contributed by atoms with van der Waals surface area (Å²) in [4.78, 5) is 44.8. The highest BCUT2D eigenvalue weighted by molar-refractivity contribution is 5.91. The first-order valence-corrected chi connectivity index (χ1v) is 14.8. The Morgan fingerprint density at radius 3 is 2.35 bits per heavy atom. The van der Waals surface area contributed by atoms with Gasteiger partial charge >= 0.3 is 6.09 Å². The zero-order chi connectivity index (χ0) is 31.5. The summed E-state index contributed by atoms with van der Waals surface area (Å²) < 4.78 is 11.2. The Morgan fingerprint density at radius 1 is 1.12 bits per heavy atom. The number of benzene rings is 1. The zero-order valence-corrected chi connectivity index (χ0v) is 25.7. The highest BCUT2D eigenvalue weighted by atomic mass is 16.6. The molecule has 1 aromatic carbocycles. The van der Waals surface area contributed by atoms with Gasteiger partial charge in [0.1, 0.15) is 17.6 Å². The van der Waals surface area contributed by atoms with Gasteiger partial charge in [-0.1, -0.05) is 31.1 Å². The number of likely N-dealkylation sites (tertiary alicyclic amines) is 1. The number of nitrogens with one attached hydrogen (secondary N) is 1. The molecule has 2 N–H and O–H groups in total. The summed E-state index contributed by atoms with van der Waals surface area (Å²) in [5, 5.41) is 26.7. The molecule has 2 aliphatic heterocycles. The van der Waals surface area contributed by atoms with Crippen LogP contribution in [0.25, 0.3) is 0 Å². The number of hydrogen-bond acceptors (Lipinski definition) is 9. The van der Waals surface area contributed by atoms with Crippen molar-refractivity contribution in [1.29, 1.82) is 5.26 Å². The fourth-order valence-corrected chi connectivity index (χ4v) is 5.48. The quantitative estimate of drug-likeness (QED) is 0.492. The predicted molar refractivity (Wildman–Crippen MR) is 158 cm³/mol. The van der Waals surface area contributed by atoms with Gasteiger partial charge in [0, 0.05) is 45.2 Å². The number of rotatable bonds is 7. The SMILES string of the molecule is CC(C)C(C(=O)N1C[C@H](O)C[C@H]1C(=O)N[C@@H](C)c1ccc(C#N)cc1)c1cc(N2CCN(C(=O)OC(C)(C)C)CC2)no1. The maximum absolute atomic E-state index is 13.9. The van der Waals surface area contributed by atoms with Gasteiger partial charge < -0.3 is 34.4 Å². The molecule has 2 aromatic rings. The van der Waals surface area contributed by atoms with Crippen LogP contribution in [0.5, 0.6) is 0 Å². The number of amides is 3. The minimum Gasteiger partial charge on any atom is -0.444 e. The van der Waals surface area contributed by atoms with Crippen molar-refractivity contribution in [2.75, 3.05) is 37.6 Å². The number of ether oxygens (including phenoxy) is 1. The minimum atomic E-state index is -0.840. The molecule has 0 bridgehead atoms. The van der Waals surface area contributed by atoms with E-state index in [1.54, 1.807) is 35.2 Å². The predicted octanol–water partition coefficient (Wildman–Crippen LogP) is 3.18. The van der Waals surface area contributed by atoms with E-state index in [1.165, 1.54) is 4.90 Å². The van der Waals surface area contributed by atoms with Gasteiger partial charge in [0.15, 0.2) is 11.6 Å². The molecule has 1 unspecified atom stereocenters. The monoisotopic (exact) mass is 594 g/mol. The molecule has 0 saturated carbocycles. The number of β-amino-alcohol motifs (C(OH)–C–C–N with tert-alkyl or cyclic N) is 1. The number of aliphatic hydroxyl groups is 1. The molecule has 2 fully saturated rings. The van der Waals surface area contributed by atoms with Crippen LogP contribution in [0, 0.1) is 17.2 Å². The summed E-state index contributed by atoms with van der Waals surface area (Å²) in [6.45, 7) is 13.2. The number of carbonyl (C=O) groups is 3.